The molecule has 5 nitrogen and oxygen atoms in total. The Kier molecular flexibility index (Phi) is 4.74. The summed E-state index contributed by atoms with van der Waals surface area (Å²) in [4.78, 5) is 12.8. The van der Waals surface area contributed by atoms with E-state index in [-0.39, 0.29) is 11.9 Å². The van der Waals surface area contributed by atoms with E-state index in [0.29, 0.717) is 5.69 Å². The number of nitrogens with zero attached hydrogens (tertiary/aromatic N) is 3. The Morgan fingerprint density at radius 1 is 1.24 bits per heavy atom. The average Bonchev–Trinajstić information content (AvgIpc) is 3.21. The molecule has 130 valence electrons. The monoisotopic (exact) mass is 336 g/mol. The molecule has 2 heterocycles. The van der Waals surface area contributed by atoms with Gasteiger partial charge in [-0.05, 0) is 50.6 Å². The second kappa shape index (κ2) is 6.97. The molecule has 1 aromatic carbocycles. The minimum absolute atomic E-state index is 0.108. The molecule has 0 spiro atoms. The molecule has 0 saturated carbocycles. The normalized spacial score (nSPS) is 12.2. The Hall–Kier alpha value is -2.82. The minimum Gasteiger partial charge on any atom is -0.349 e. The molecule has 0 aliphatic carbocycles. The van der Waals surface area contributed by atoms with Crippen molar-refractivity contribution in [1.29, 1.82) is 0 Å². The van der Waals surface area contributed by atoms with Crippen LogP contribution in [0.15, 0.2) is 48.7 Å². The molecule has 1 unspecified atom stereocenters. The zero-order valence-electron chi connectivity index (χ0n) is 15.2. The molecule has 3 aromatic rings. The lowest BCUT2D eigenvalue weighted by molar-refractivity contribution is 0.0931. The molecule has 2 aromatic heterocycles. The average molecular weight is 336 g/mol. The van der Waals surface area contributed by atoms with E-state index in [9.17, 15) is 4.79 Å². The van der Waals surface area contributed by atoms with Crippen LogP contribution < -0.4 is 5.32 Å². The Morgan fingerprint density at radius 3 is 2.56 bits per heavy atom. The third-order valence-electron chi connectivity index (χ3n) is 4.42. The number of carbonyl (C=O) groups is 1. The first-order valence-electron chi connectivity index (χ1n) is 8.59. The maximum Gasteiger partial charge on any atom is 0.270 e. The van der Waals surface area contributed by atoms with Crippen LogP contribution in [0.2, 0.25) is 0 Å². The van der Waals surface area contributed by atoms with Gasteiger partial charge in [0.25, 0.3) is 5.91 Å². The summed E-state index contributed by atoms with van der Waals surface area (Å²) >= 11 is 0. The zero-order chi connectivity index (χ0) is 18.0. The van der Waals surface area contributed by atoms with E-state index < -0.39 is 0 Å². The molecule has 0 radical (unpaired) electrons. The smallest absolute Gasteiger partial charge is 0.270 e. The SMILES string of the molecule is CCC(C)NC(=O)c1cc(-c2cccn2C)nn1-c1ccc(C)cc1. The number of aryl methyl sites for hydroxylation is 2. The van der Waals surface area contributed by atoms with Crippen molar-refractivity contribution in [2.75, 3.05) is 0 Å². The van der Waals surface area contributed by atoms with Gasteiger partial charge < -0.3 is 9.88 Å². The lowest BCUT2D eigenvalue weighted by Crippen LogP contribution is -2.33. The predicted octanol–water partition coefficient (Wildman–Crippen LogP) is 3.71. The van der Waals surface area contributed by atoms with Crippen molar-refractivity contribution in [1.82, 2.24) is 19.7 Å². The molecule has 0 bridgehead atoms. The summed E-state index contributed by atoms with van der Waals surface area (Å²) in [5.41, 5.74) is 4.34. The fourth-order valence-electron chi connectivity index (χ4n) is 2.68. The van der Waals surface area contributed by atoms with E-state index in [2.05, 4.69) is 12.2 Å². The van der Waals surface area contributed by atoms with Crippen molar-refractivity contribution < 1.29 is 4.79 Å². The first kappa shape index (κ1) is 17.0. The molecular weight excluding hydrogens is 312 g/mol. The molecule has 1 amide bonds. The highest BCUT2D eigenvalue weighted by molar-refractivity contribution is 5.94. The molecular formula is C20H24N4O. The Morgan fingerprint density at radius 2 is 1.96 bits per heavy atom. The number of amides is 1. The zero-order valence-corrected chi connectivity index (χ0v) is 15.2. The highest BCUT2D eigenvalue weighted by Crippen LogP contribution is 2.22. The Bertz CT molecular complexity index is 873. The quantitative estimate of drug-likeness (QED) is 0.772. The lowest BCUT2D eigenvalue weighted by Gasteiger charge is -2.12. The van der Waals surface area contributed by atoms with E-state index in [1.807, 2.05) is 74.1 Å². The maximum absolute atomic E-state index is 12.8. The van der Waals surface area contributed by atoms with Crippen molar-refractivity contribution in [3.05, 3.63) is 59.9 Å². The Labute approximate surface area is 148 Å². The van der Waals surface area contributed by atoms with Crippen molar-refractivity contribution in [3.8, 4) is 17.1 Å². The first-order valence-corrected chi connectivity index (χ1v) is 8.59. The second-order valence-corrected chi connectivity index (χ2v) is 6.45. The Balaban J connectivity index is 2.07. The van der Waals surface area contributed by atoms with Gasteiger partial charge in [-0.2, -0.15) is 5.10 Å². The van der Waals surface area contributed by atoms with Crippen LogP contribution in [0.5, 0.6) is 0 Å². The summed E-state index contributed by atoms with van der Waals surface area (Å²) in [6.45, 7) is 6.10. The summed E-state index contributed by atoms with van der Waals surface area (Å²) in [7, 11) is 1.97. The number of carbonyl (C=O) groups excluding carboxylic acids is 1. The number of nitrogens with one attached hydrogen (secondary N) is 1. The lowest BCUT2D eigenvalue weighted by atomic mass is 10.2. The molecule has 3 rings (SSSR count). The number of aromatic nitrogens is 3. The molecule has 5 heteroatoms. The van der Waals surface area contributed by atoms with Crippen LogP contribution in [0.1, 0.15) is 36.3 Å². The molecule has 25 heavy (non-hydrogen) atoms. The molecule has 0 aliphatic heterocycles. The third kappa shape index (κ3) is 3.50. The van der Waals surface area contributed by atoms with Crippen LogP contribution in [0, 0.1) is 6.92 Å². The summed E-state index contributed by atoms with van der Waals surface area (Å²) < 4.78 is 3.72. The molecule has 0 aliphatic rings. The van der Waals surface area contributed by atoms with Crippen LogP contribution in [0.4, 0.5) is 0 Å². The van der Waals surface area contributed by atoms with Crippen LogP contribution in [0.25, 0.3) is 17.1 Å². The van der Waals surface area contributed by atoms with Gasteiger partial charge in [0.2, 0.25) is 0 Å². The van der Waals surface area contributed by atoms with Gasteiger partial charge in [0.1, 0.15) is 11.4 Å². The standard InChI is InChI=1S/C20H24N4O/c1-5-15(3)21-20(25)19-13-17(18-7-6-12-23(18)4)22-24(19)16-10-8-14(2)9-11-16/h6-13,15H,5H2,1-4H3,(H,21,25). The van der Waals surface area contributed by atoms with Crippen LogP contribution >= 0.6 is 0 Å². The minimum atomic E-state index is -0.108. The van der Waals surface area contributed by atoms with Gasteiger partial charge in [-0.1, -0.05) is 24.6 Å². The van der Waals surface area contributed by atoms with Crippen LogP contribution in [0.3, 0.4) is 0 Å². The van der Waals surface area contributed by atoms with Crippen molar-refractivity contribution >= 4 is 5.91 Å². The van der Waals surface area contributed by atoms with E-state index in [4.69, 9.17) is 5.10 Å². The number of hydrogen-bond donors (Lipinski definition) is 1. The summed E-state index contributed by atoms with van der Waals surface area (Å²) in [5.74, 6) is -0.108. The number of hydrogen-bond acceptors (Lipinski definition) is 2. The molecule has 0 saturated heterocycles. The number of rotatable bonds is 5. The fraction of sp³-hybridized carbons (Fsp3) is 0.300. The summed E-state index contributed by atoms with van der Waals surface area (Å²) in [5, 5.41) is 7.74. The van der Waals surface area contributed by atoms with Gasteiger partial charge >= 0.3 is 0 Å². The van der Waals surface area contributed by atoms with Crippen molar-refractivity contribution in [3.63, 3.8) is 0 Å². The van der Waals surface area contributed by atoms with E-state index in [1.54, 1.807) is 4.68 Å². The summed E-state index contributed by atoms with van der Waals surface area (Å²) in [6, 6.07) is 14.0. The summed E-state index contributed by atoms with van der Waals surface area (Å²) in [6.07, 6.45) is 2.86. The topological polar surface area (TPSA) is 51.9 Å². The molecule has 1 N–H and O–H groups in total. The molecule has 0 fully saturated rings. The van der Waals surface area contributed by atoms with Crippen molar-refractivity contribution in [2.24, 2.45) is 7.05 Å². The third-order valence-corrected chi connectivity index (χ3v) is 4.42. The van der Waals surface area contributed by atoms with Crippen LogP contribution in [-0.4, -0.2) is 26.3 Å². The van der Waals surface area contributed by atoms with E-state index in [0.717, 1.165) is 23.5 Å². The van der Waals surface area contributed by atoms with Gasteiger partial charge in [-0.25, -0.2) is 4.68 Å². The van der Waals surface area contributed by atoms with Gasteiger partial charge in [-0.3, -0.25) is 4.79 Å². The second-order valence-electron chi connectivity index (χ2n) is 6.45. The van der Waals surface area contributed by atoms with Crippen molar-refractivity contribution in [2.45, 2.75) is 33.2 Å². The highest BCUT2D eigenvalue weighted by atomic mass is 16.2. The van der Waals surface area contributed by atoms with E-state index in [1.165, 1.54) is 5.56 Å². The van der Waals surface area contributed by atoms with Gasteiger partial charge in [-0.15, -0.1) is 0 Å². The highest BCUT2D eigenvalue weighted by Gasteiger charge is 2.19. The number of benzene rings is 1. The maximum atomic E-state index is 12.8. The van der Waals surface area contributed by atoms with Crippen LogP contribution in [-0.2, 0) is 7.05 Å². The predicted molar refractivity (Wildman–Crippen MR) is 99.9 cm³/mol. The molecule has 1 atom stereocenters. The van der Waals surface area contributed by atoms with Gasteiger partial charge in [0.15, 0.2) is 0 Å². The van der Waals surface area contributed by atoms with E-state index >= 15 is 0 Å². The largest absolute Gasteiger partial charge is 0.349 e. The van der Waals surface area contributed by atoms with Gasteiger partial charge in [0, 0.05) is 19.3 Å². The fourth-order valence-corrected chi connectivity index (χ4v) is 2.68. The first-order chi connectivity index (χ1) is 12.0. The van der Waals surface area contributed by atoms with Gasteiger partial charge in [0.05, 0.1) is 11.4 Å².